The predicted molar refractivity (Wildman–Crippen MR) is 86.7 cm³/mol. The molecule has 0 heterocycles. The van der Waals surface area contributed by atoms with Crippen molar-refractivity contribution < 1.29 is 9.53 Å². The Labute approximate surface area is 128 Å². The van der Waals surface area contributed by atoms with Crippen molar-refractivity contribution in [1.29, 1.82) is 0 Å². The molecular weight excluding hydrogens is 260 g/mol. The van der Waals surface area contributed by atoms with E-state index < -0.39 is 0 Å². The summed E-state index contributed by atoms with van der Waals surface area (Å²) in [6.07, 6.45) is 5.65. The zero-order valence-electron chi connectivity index (χ0n) is 13.6. The van der Waals surface area contributed by atoms with E-state index in [1.54, 1.807) is 6.08 Å². The fourth-order valence-corrected chi connectivity index (χ4v) is 3.08. The quantitative estimate of drug-likeness (QED) is 0.592. The van der Waals surface area contributed by atoms with Crippen LogP contribution in [-0.4, -0.2) is 12.6 Å². The number of carbonyl (C=O) groups excluding carboxylic acids is 1. The van der Waals surface area contributed by atoms with Crippen LogP contribution in [0.2, 0.25) is 0 Å². The Hall–Kier alpha value is -1.57. The monoisotopic (exact) mass is 286 g/mol. The molecule has 2 atom stereocenters. The fraction of sp³-hybridized carbons (Fsp3) is 0.526. The van der Waals surface area contributed by atoms with E-state index in [1.165, 1.54) is 12.5 Å². The van der Waals surface area contributed by atoms with Crippen LogP contribution in [0.4, 0.5) is 0 Å². The number of esters is 1. The molecule has 2 unspecified atom stereocenters. The molecule has 0 aliphatic heterocycles. The normalized spacial score (nSPS) is 27.9. The first-order chi connectivity index (χ1) is 9.85. The first-order valence-corrected chi connectivity index (χ1v) is 7.75. The summed E-state index contributed by atoms with van der Waals surface area (Å²) >= 11 is 0. The van der Waals surface area contributed by atoms with Gasteiger partial charge in [-0.25, -0.2) is 4.79 Å². The molecule has 114 valence electrons. The van der Waals surface area contributed by atoms with Gasteiger partial charge in [0.05, 0.1) is 6.61 Å². The Morgan fingerprint density at radius 3 is 2.52 bits per heavy atom. The van der Waals surface area contributed by atoms with Crippen molar-refractivity contribution in [2.75, 3.05) is 6.61 Å². The molecular formula is C19H26O2. The highest BCUT2D eigenvalue weighted by Gasteiger charge is 2.50. The molecule has 21 heavy (non-hydrogen) atoms. The topological polar surface area (TPSA) is 26.3 Å². The fourth-order valence-electron chi connectivity index (χ4n) is 3.08. The van der Waals surface area contributed by atoms with E-state index >= 15 is 0 Å². The molecule has 1 aromatic rings. The minimum Gasteiger partial charge on any atom is -0.462 e. The van der Waals surface area contributed by atoms with E-state index in [2.05, 4.69) is 27.7 Å². The molecule has 0 radical (unpaired) electrons. The standard InChI is InChI=1S/C19H26O2/c1-15-12-13-19(4,18(15,2)3)14-21-17(20)11-10-16-8-6-5-7-9-16/h5-11,15H,12-14H2,1-4H3. The second kappa shape index (κ2) is 6.05. The van der Waals surface area contributed by atoms with Crippen LogP contribution in [0.3, 0.4) is 0 Å². The summed E-state index contributed by atoms with van der Waals surface area (Å²) < 4.78 is 5.51. The third kappa shape index (κ3) is 3.37. The number of benzene rings is 1. The van der Waals surface area contributed by atoms with Gasteiger partial charge in [-0.3, -0.25) is 0 Å². The summed E-state index contributed by atoms with van der Waals surface area (Å²) in [7, 11) is 0. The lowest BCUT2D eigenvalue weighted by Gasteiger charge is -2.40. The van der Waals surface area contributed by atoms with Gasteiger partial charge in [-0.15, -0.1) is 0 Å². The highest BCUT2D eigenvalue weighted by molar-refractivity contribution is 5.87. The molecule has 0 bridgehead atoms. The van der Waals surface area contributed by atoms with Crippen molar-refractivity contribution >= 4 is 12.0 Å². The van der Waals surface area contributed by atoms with Crippen molar-refractivity contribution in [3.05, 3.63) is 42.0 Å². The summed E-state index contributed by atoms with van der Waals surface area (Å²) in [5.74, 6) is 0.413. The third-order valence-electron chi connectivity index (χ3n) is 5.66. The van der Waals surface area contributed by atoms with Gasteiger partial charge in [-0.05, 0) is 35.8 Å². The van der Waals surface area contributed by atoms with E-state index in [-0.39, 0.29) is 16.8 Å². The van der Waals surface area contributed by atoms with Crippen molar-refractivity contribution in [3.8, 4) is 0 Å². The lowest BCUT2D eigenvalue weighted by atomic mass is 9.66. The summed E-state index contributed by atoms with van der Waals surface area (Å²) in [4.78, 5) is 11.9. The average Bonchev–Trinajstić information content (AvgIpc) is 2.68. The molecule has 2 heteroatoms. The first kappa shape index (κ1) is 15.8. The van der Waals surface area contributed by atoms with Gasteiger partial charge < -0.3 is 4.74 Å². The van der Waals surface area contributed by atoms with E-state index in [9.17, 15) is 4.79 Å². The zero-order chi connectivity index (χ0) is 15.5. The van der Waals surface area contributed by atoms with Crippen molar-refractivity contribution in [2.45, 2.75) is 40.5 Å². The van der Waals surface area contributed by atoms with Gasteiger partial charge in [-0.1, -0.05) is 58.0 Å². The average molecular weight is 286 g/mol. The van der Waals surface area contributed by atoms with Gasteiger partial charge in [0.2, 0.25) is 0 Å². The Morgan fingerprint density at radius 1 is 1.29 bits per heavy atom. The van der Waals surface area contributed by atoms with Crippen LogP contribution in [0.5, 0.6) is 0 Å². The number of rotatable bonds is 4. The van der Waals surface area contributed by atoms with Crippen molar-refractivity contribution in [1.82, 2.24) is 0 Å². The molecule has 2 nitrogen and oxygen atoms in total. The number of hydrogen-bond donors (Lipinski definition) is 0. The summed E-state index contributed by atoms with van der Waals surface area (Å²) in [5.41, 5.74) is 1.29. The van der Waals surface area contributed by atoms with E-state index in [0.29, 0.717) is 12.5 Å². The molecule has 0 spiro atoms. The van der Waals surface area contributed by atoms with Crippen LogP contribution in [0, 0.1) is 16.7 Å². The van der Waals surface area contributed by atoms with Crippen LogP contribution in [0.1, 0.15) is 46.1 Å². The zero-order valence-corrected chi connectivity index (χ0v) is 13.6. The van der Waals surface area contributed by atoms with Crippen LogP contribution >= 0.6 is 0 Å². The summed E-state index contributed by atoms with van der Waals surface area (Å²) in [5, 5.41) is 0. The van der Waals surface area contributed by atoms with E-state index in [1.807, 2.05) is 30.3 Å². The minimum absolute atomic E-state index is 0.0721. The summed E-state index contributed by atoms with van der Waals surface area (Å²) in [6, 6.07) is 9.79. The van der Waals surface area contributed by atoms with Crippen LogP contribution in [0.25, 0.3) is 6.08 Å². The minimum atomic E-state index is -0.254. The van der Waals surface area contributed by atoms with Gasteiger partial charge in [-0.2, -0.15) is 0 Å². The Balaban J connectivity index is 1.91. The first-order valence-electron chi connectivity index (χ1n) is 7.75. The predicted octanol–water partition coefficient (Wildman–Crippen LogP) is 4.71. The molecule has 0 aromatic heterocycles. The van der Waals surface area contributed by atoms with E-state index in [4.69, 9.17) is 4.74 Å². The number of ether oxygens (including phenoxy) is 1. The molecule has 0 amide bonds. The maximum absolute atomic E-state index is 11.9. The van der Waals surface area contributed by atoms with Gasteiger partial charge >= 0.3 is 5.97 Å². The molecule has 1 aromatic carbocycles. The SMILES string of the molecule is CC1CCC(C)(COC(=O)C=Cc2ccccc2)C1(C)C. The van der Waals surface area contributed by atoms with Crippen LogP contribution < -0.4 is 0 Å². The van der Waals surface area contributed by atoms with Crippen molar-refractivity contribution in [2.24, 2.45) is 16.7 Å². The lowest BCUT2D eigenvalue weighted by molar-refractivity contribution is -0.143. The maximum atomic E-state index is 11.9. The van der Waals surface area contributed by atoms with Crippen molar-refractivity contribution in [3.63, 3.8) is 0 Å². The highest BCUT2D eigenvalue weighted by Crippen LogP contribution is 2.55. The highest BCUT2D eigenvalue weighted by atomic mass is 16.5. The van der Waals surface area contributed by atoms with Gasteiger partial charge in [0, 0.05) is 11.5 Å². The lowest BCUT2D eigenvalue weighted by Crippen LogP contribution is -2.37. The third-order valence-corrected chi connectivity index (χ3v) is 5.66. The maximum Gasteiger partial charge on any atom is 0.330 e. The van der Waals surface area contributed by atoms with E-state index in [0.717, 1.165) is 12.0 Å². The Bertz CT molecular complexity index is 516. The molecule has 0 saturated heterocycles. The van der Waals surface area contributed by atoms with Crippen LogP contribution in [-0.2, 0) is 9.53 Å². The molecule has 1 aliphatic carbocycles. The Kier molecular flexibility index (Phi) is 4.55. The number of hydrogen-bond acceptors (Lipinski definition) is 2. The largest absolute Gasteiger partial charge is 0.462 e. The summed E-state index contributed by atoms with van der Waals surface area (Å²) in [6.45, 7) is 9.62. The molecule has 2 rings (SSSR count). The van der Waals surface area contributed by atoms with Gasteiger partial charge in [0.25, 0.3) is 0 Å². The molecule has 1 fully saturated rings. The smallest absolute Gasteiger partial charge is 0.330 e. The number of carbonyl (C=O) groups is 1. The van der Waals surface area contributed by atoms with Crippen LogP contribution in [0.15, 0.2) is 36.4 Å². The second-order valence-corrected chi connectivity index (χ2v) is 7.07. The Morgan fingerprint density at radius 2 is 1.95 bits per heavy atom. The molecule has 0 N–H and O–H groups in total. The molecule has 1 saturated carbocycles. The van der Waals surface area contributed by atoms with Gasteiger partial charge in [0.15, 0.2) is 0 Å². The second-order valence-electron chi connectivity index (χ2n) is 7.07. The van der Waals surface area contributed by atoms with Gasteiger partial charge in [0.1, 0.15) is 0 Å². The molecule has 1 aliphatic rings.